The van der Waals surface area contributed by atoms with E-state index in [1.54, 1.807) is 11.3 Å². The third-order valence-electron chi connectivity index (χ3n) is 4.11. The largest absolute Gasteiger partial charge is 0.343 e. The number of carbonyl (C=O) groups excluding carboxylic acids is 1. The Kier molecular flexibility index (Phi) is 4.90. The number of amides is 1. The van der Waals surface area contributed by atoms with Gasteiger partial charge >= 0.3 is 0 Å². The second kappa shape index (κ2) is 7.07. The van der Waals surface area contributed by atoms with Crippen molar-refractivity contribution < 1.29 is 4.79 Å². The molecule has 22 heavy (non-hydrogen) atoms. The van der Waals surface area contributed by atoms with Crippen molar-refractivity contribution in [1.29, 1.82) is 0 Å². The highest BCUT2D eigenvalue weighted by atomic mass is 32.1. The van der Waals surface area contributed by atoms with Crippen LogP contribution in [-0.4, -0.2) is 30.4 Å². The summed E-state index contributed by atoms with van der Waals surface area (Å²) in [4.78, 5) is 16.9. The second-order valence-electron chi connectivity index (χ2n) is 5.85. The van der Waals surface area contributed by atoms with Gasteiger partial charge in [-0.05, 0) is 50.6 Å². The molecule has 4 heteroatoms. The van der Waals surface area contributed by atoms with Crippen molar-refractivity contribution in [3.8, 4) is 0 Å². The smallest absolute Gasteiger partial charge is 0.261 e. The molecule has 1 atom stereocenters. The third kappa shape index (κ3) is 3.76. The van der Waals surface area contributed by atoms with Crippen molar-refractivity contribution in [2.75, 3.05) is 19.6 Å². The summed E-state index contributed by atoms with van der Waals surface area (Å²) in [5.41, 5.74) is 1.18. The molecule has 0 aliphatic carbocycles. The first-order chi connectivity index (χ1) is 10.7. The Bertz CT molecular complexity index is 617. The molecule has 3 nitrogen and oxygen atoms in total. The first-order valence-corrected chi connectivity index (χ1v) is 8.68. The Labute approximate surface area is 136 Å². The Morgan fingerprint density at radius 3 is 2.55 bits per heavy atom. The quantitative estimate of drug-likeness (QED) is 0.914. The van der Waals surface area contributed by atoms with Gasteiger partial charge in [0.15, 0.2) is 0 Å². The Morgan fingerprint density at radius 1 is 1.18 bits per heavy atom. The van der Waals surface area contributed by atoms with Crippen LogP contribution in [0.1, 0.15) is 39.0 Å². The van der Waals surface area contributed by atoms with E-state index in [-0.39, 0.29) is 11.9 Å². The third-order valence-corrected chi connectivity index (χ3v) is 5.11. The van der Waals surface area contributed by atoms with Gasteiger partial charge in [-0.25, -0.2) is 0 Å². The maximum Gasteiger partial charge on any atom is 0.261 e. The van der Waals surface area contributed by atoms with Crippen LogP contribution in [0.2, 0.25) is 0 Å². The van der Waals surface area contributed by atoms with E-state index in [2.05, 4.69) is 22.3 Å². The first-order valence-electron chi connectivity index (χ1n) is 7.87. The van der Waals surface area contributed by atoms with Crippen LogP contribution in [0.3, 0.4) is 0 Å². The summed E-state index contributed by atoms with van der Waals surface area (Å²) in [6.45, 7) is 5.19. The molecule has 0 saturated carbocycles. The first kappa shape index (κ1) is 15.3. The average Bonchev–Trinajstić information content (AvgIpc) is 3.19. The molecular weight excluding hydrogens is 292 g/mol. The molecule has 1 aromatic heterocycles. The number of aryl methyl sites for hydroxylation is 1. The van der Waals surface area contributed by atoms with E-state index in [0.717, 1.165) is 24.5 Å². The van der Waals surface area contributed by atoms with E-state index in [1.165, 1.54) is 23.3 Å². The molecule has 2 heterocycles. The number of carbonyl (C=O) groups is 1. The normalized spacial score (nSPS) is 16.6. The Hall–Kier alpha value is -1.65. The zero-order chi connectivity index (χ0) is 15.4. The van der Waals surface area contributed by atoms with Crippen molar-refractivity contribution in [1.82, 2.24) is 10.2 Å². The van der Waals surface area contributed by atoms with Gasteiger partial charge in [-0.3, -0.25) is 4.79 Å². The Morgan fingerprint density at radius 2 is 1.91 bits per heavy atom. The van der Waals surface area contributed by atoms with Crippen LogP contribution < -0.4 is 5.32 Å². The minimum atomic E-state index is 0.0335. The van der Waals surface area contributed by atoms with Gasteiger partial charge < -0.3 is 10.2 Å². The number of nitrogens with one attached hydrogen (secondary N) is 1. The number of rotatable bonds is 5. The predicted octanol–water partition coefficient (Wildman–Crippen LogP) is 3.62. The minimum Gasteiger partial charge on any atom is -0.343 e. The van der Waals surface area contributed by atoms with E-state index in [9.17, 15) is 4.79 Å². The van der Waals surface area contributed by atoms with Gasteiger partial charge in [-0.15, -0.1) is 11.3 Å². The fourth-order valence-corrected chi connectivity index (χ4v) is 3.70. The van der Waals surface area contributed by atoms with E-state index in [4.69, 9.17) is 0 Å². The van der Waals surface area contributed by atoms with E-state index in [0.29, 0.717) is 0 Å². The lowest BCUT2D eigenvalue weighted by Gasteiger charge is -2.24. The van der Waals surface area contributed by atoms with E-state index < -0.39 is 0 Å². The maximum absolute atomic E-state index is 12.5. The molecule has 1 aliphatic heterocycles. The molecular formula is C18H22N2OS. The summed E-state index contributed by atoms with van der Waals surface area (Å²) >= 11 is 1.55. The van der Waals surface area contributed by atoms with Gasteiger partial charge in [-0.1, -0.05) is 30.3 Å². The topological polar surface area (TPSA) is 32.3 Å². The van der Waals surface area contributed by atoms with Gasteiger partial charge in [-0.2, -0.15) is 0 Å². The second-order valence-corrected chi connectivity index (χ2v) is 7.14. The monoisotopic (exact) mass is 314 g/mol. The number of nitrogens with zero attached hydrogens (tertiary/aromatic N) is 1. The number of likely N-dealkylation sites (tertiary alicyclic amines) is 1. The maximum atomic E-state index is 12.5. The Balaban J connectivity index is 1.74. The summed E-state index contributed by atoms with van der Waals surface area (Å²) < 4.78 is 0. The lowest BCUT2D eigenvalue weighted by molar-refractivity contribution is 0.0931. The lowest BCUT2D eigenvalue weighted by Crippen LogP contribution is -2.36. The molecule has 0 spiro atoms. The summed E-state index contributed by atoms with van der Waals surface area (Å²) in [5.74, 6) is 0.0335. The van der Waals surface area contributed by atoms with Crippen molar-refractivity contribution in [3.05, 3.63) is 57.8 Å². The molecule has 1 aliphatic rings. The van der Waals surface area contributed by atoms with Crippen LogP contribution in [0.25, 0.3) is 0 Å². The van der Waals surface area contributed by atoms with Gasteiger partial charge in [0.05, 0.1) is 10.9 Å². The van der Waals surface area contributed by atoms with Gasteiger partial charge in [0.1, 0.15) is 0 Å². The lowest BCUT2D eigenvalue weighted by atomic mass is 10.1. The van der Waals surface area contributed by atoms with Gasteiger partial charge in [0.2, 0.25) is 0 Å². The molecule has 0 bridgehead atoms. The molecule has 1 N–H and O–H groups in total. The molecule has 1 aromatic carbocycles. The highest BCUT2D eigenvalue weighted by Gasteiger charge is 2.21. The van der Waals surface area contributed by atoms with Crippen molar-refractivity contribution in [3.63, 3.8) is 0 Å². The highest BCUT2D eigenvalue weighted by molar-refractivity contribution is 7.13. The number of thiophene rings is 1. The number of benzene rings is 1. The van der Waals surface area contributed by atoms with Crippen LogP contribution in [0.4, 0.5) is 0 Å². The molecule has 3 rings (SSSR count). The van der Waals surface area contributed by atoms with E-state index >= 15 is 0 Å². The molecule has 1 amide bonds. The fraction of sp³-hybridized carbons (Fsp3) is 0.389. The fourth-order valence-electron chi connectivity index (χ4n) is 2.93. The zero-order valence-corrected chi connectivity index (χ0v) is 13.7. The SMILES string of the molecule is Cc1ccc(C(=O)NC(CN2CCCC2)c2ccccc2)s1. The van der Waals surface area contributed by atoms with Gasteiger partial charge in [0.25, 0.3) is 5.91 Å². The highest BCUT2D eigenvalue weighted by Crippen LogP contribution is 2.20. The number of hydrogen-bond donors (Lipinski definition) is 1. The standard InChI is InChI=1S/C18H22N2OS/c1-14-9-10-17(22-14)18(21)19-16(13-20-11-5-6-12-20)15-7-3-2-4-8-15/h2-4,7-10,16H,5-6,11-13H2,1H3,(H,19,21). The van der Waals surface area contributed by atoms with Crippen molar-refractivity contribution >= 4 is 17.2 Å². The summed E-state index contributed by atoms with van der Waals surface area (Å²) in [5, 5.41) is 3.22. The van der Waals surface area contributed by atoms with Crippen LogP contribution >= 0.6 is 11.3 Å². The molecule has 0 radical (unpaired) electrons. The van der Waals surface area contributed by atoms with Crippen LogP contribution in [0.5, 0.6) is 0 Å². The molecule has 2 aromatic rings. The van der Waals surface area contributed by atoms with Crippen LogP contribution in [0.15, 0.2) is 42.5 Å². The summed E-state index contributed by atoms with van der Waals surface area (Å²) in [6.07, 6.45) is 2.53. The van der Waals surface area contributed by atoms with Crippen molar-refractivity contribution in [2.24, 2.45) is 0 Å². The van der Waals surface area contributed by atoms with Gasteiger partial charge in [0, 0.05) is 11.4 Å². The van der Waals surface area contributed by atoms with Crippen LogP contribution in [0, 0.1) is 6.92 Å². The molecule has 1 saturated heterocycles. The predicted molar refractivity (Wildman–Crippen MR) is 91.4 cm³/mol. The molecule has 1 unspecified atom stereocenters. The van der Waals surface area contributed by atoms with E-state index in [1.807, 2.05) is 37.3 Å². The van der Waals surface area contributed by atoms with Crippen LogP contribution in [-0.2, 0) is 0 Å². The van der Waals surface area contributed by atoms with Crippen molar-refractivity contribution in [2.45, 2.75) is 25.8 Å². The average molecular weight is 314 g/mol. The summed E-state index contributed by atoms with van der Waals surface area (Å²) in [6, 6.07) is 14.2. The molecule has 116 valence electrons. The number of hydrogen-bond acceptors (Lipinski definition) is 3. The summed E-state index contributed by atoms with van der Waals surface area (Å²) in [7, 11) is 0. The minimum absolute atomic E-state index is 0.0335. The zero-order valence-electron chi connectivity index (χ0n) is 12.9. The molecule has 1 fully saturated rings.